The predicted octanol–water partition coefficient (Wildman–Crippen LogP) is 3.91. The van der Waals surface area contributed by atoms with Crippen molar-refractivity contribution in [1.82, 2.24) is 14.8 Å². The van der Waals surface area contributed by atoms with Crippen LogP contribution in [-0.4, -0.2) is 59.5 Å². The number of ether oxygens (including phenoxy) is 1. The third kappa shape index (κ3) is 5.24. The molecule has 1 aromatic heterocycles. The minimum absolute atomic E-state index is 0.0236. The van der Waals surface area contributed by atoms with Crippen LogP contribution in [0.1, 0.15) is 57.8 Å². The second-order valence-corrected chi connectivity index (χ2v) is 8.89. The molecule has 1 saturated carbocycles. The molecule has 4 rings (SSSR count). The van der Waals surface area contributed by atoms with E-state index in [1.54, 1.807) is 6.20 Å². The van der Waals surface area contributed by atoms with Crippen molar-refractivity contribution in [1.29, 1.82) is 0 Å². The van der Waals surface area contributed by atoms with Gasteiger partial charge in [-0.1, -0.05) is 19.3 Å². The quantitative estimate of drug-likeness (QED) is 0.793. The molecule has 1 N–H and O–H groups in total. The van der Waals surface area contributed by atoms with Gasteiger partial charge in [-0.2, -0.15) is 0 Å². The van der Waals surface area contributed by atoms with E-state index < -0.39 is 0 Å². The summed E-state index contributed by atoms with van der Waals surface area (Å²) in [5.41, 5.74) is 0. The smallest absolute Gasteiger partial charge is 0.319 e. The third-order valence-electron chi connectivity index (χ3n) is 6.72. The van der Waals surface area contributed by atoms with Gasteiger partial charge in [-0.25, -0.2) is 9.78 Å². The van der Waals surface area contributed by atoms with E-state index >= 15 is 0 Å². The molecule has 0 aromatic carbocycles. The number of amides is 3. The van der Waals surface area contributed by atoms with E-state index in [2.05, 4.69) is 10.3 Å². The molecule has 1 aromatic rings. The van der Waals surface area contributed by atoms with Gasteiger partial charge in [-0.15, -0.1) is 0 Å². The number of nitrogens with one attached hydrogen (secondary N) is 1. The van der Waals surface area contributed by atoms with Gasteiger partial charge < -0.3 is 19.9 Å². The maximum absolute atomic E-state index is 12.8. The van der Waals surface area contributed by atoms with Gasteiger partial charge in [0.1, 0.15) is 0 Å². The van der Waals surface area contributed by atoms with Crippen LogP contribution in [0, 0.1) is 11.8 Å². The van der Waals surface area contributed by atoms with Gasteiger partial charge in [-0.05, 0) is 56.6 Å². The maximum Gasteiger partial charge on any atom is 0.319 e. The van der Waals surface area contributed by atoms with Crippen LogP contribution in [-0.2, 0) is 4.79 Å². The molecule has 0 spiro atoms. The number of carbonyl (C=O) groups excluding carboxylic acids is 2. The van der Waals surface area contributed by atoms with Gasteiger partial charge in [0.2, 0.25) is 5.91 Å². The lowest BCUT2D eigenvalue weighted by molar-refractivity contribution is -0.121. The monoisotopic (exact) mass is 414 g/mol. The molecule has 1 aliphatic carbocycles. The molecule has 2 saturated heterocycles. The van der Waals surface area contributed by atoms with Crippen molar-refractivity contribution in [3.05, 3.63) is 18.3 Å². The SMILES string of the molecule is O=C(Nc1ncccc1OCC1CCCCC1)C1CCN(C(=O)N2CCCC2)CC1. The Kier molecular flexibility index (Phi) is 7.07. The zero-order valence-electron chi connectivity index (χ0n) is 17.9. The van der Waals surface area contributed by atoms with E-state index in [4.69, 9.17) is 4.74 Å². The maximum atomic E-state index is 12.8. The van der Waals surface area contributed by atoms with Gasteiger partial charge in [0.05, 0.1) is 6.61 Å². The first-order valence-electron chi connectivity index (χ1n) is 11.6. The van der Waals surface area contributed by atoms with E-state index in [0.717, 1.165) is 25.9 Å². The number of hydrogen-bond donors (Lipinski definition) is 1. The van der Waals surface area contributed by atoms with E-state index in [-0.39, 0.29) is 17.9 Å². The molecule has 0 bridgehead atoms. The first-order valence-corrected chi connectivity index (χ1v) is 11.6. The molecule has 3 heterocycles. The lowest BCUT2D eigenvalue weighted by Gasteiger charge is -2.34. The number of nitrogens with zero attached hydrogens (tertiary/aromatic N) is 3. The van der Waals surface area contributed by atoms with Crippen LogP contribution in [0.5, 0.6) is 5.75 Å². The first kappa shape index (κ1) is 20.9. The van der Waals surface area contributed by atoms with Gasteiger partial charge >= 0.3 is 6.03 Å². The van der Waals surface area contributed by atoms with Crippen LogP contribution < -0.4 is 10.1 Å². The third-order valence-corrected chi connectivity index (χ3v) is 6.72. The molecule has 2 aliphatic heterocycles. The first-order chi connectivity index (χ1) is 14.7. The lowest BCUT2D eigenvalue weighted by Crippen LogP contribution is -2.47. The average Bonchev–Trinajstić information content (AvgIpc) is 3.34. The van der Waals surface area contributed by atoms with Gasteiger partial charge in [0.25, 0.3) is 0 Å². The molecule has 3 aliphatic rings. The van der Waals surface area contributed by atoms with Crippen molar-refractivity contribution in [3.63, 3.8) is 0 Å². The number of pyridine rings is 1. The minimum Gasteiger partial charge on any atom is -0.489 e. The minimum atomic E-state index is -0.0965. The average molecular weight is 415 g/mol. The van der Waals surface area contributed by atoms with Crippen LogP contribution in [0.3, 0.4) is 0 Å². The summed E-state index contributed by atoms with van der Waals surface area (Å²) < 4.78 is 6.03. The number of urea groups is 1. The summed E-state index contributed by atoms with van der Waals surface area (Å²) in [6.45, 7) is 3.69. The van der Waals surface area contributed by atoms with Crippen LogP contribution >= 0.6 is 0 Å². The number of carbonyl (C=O) groups is 2. The highest BCUT2D eigenvalue weighted by Crippen LogP contribution is 2.28. The van der Waals surface area contributed by atoms with Crippen LogP contribution in [0.25, 0.3) is 0 Å². The zero-order valence-corrected chi connectivity index (χ0v) is 17.9. The number of likely N-dealkylation sites (tertiary alicyclic amines) is 2. The molecule has 3 fully saturated rings. The molecule has 0 unspecified atom stereocenters. The van der Waals surface area contributed by atoms with Crippen LogP contribution in [0.2, 0.25) is 0 Å². The Morgan fingerprint density at radius 3 is 2.40 bits per heavy atom. The fraction of sp³-hybridized carbons (Fsp3) is 0.696. The Morgan fingerprint density at radius 2 is 1.67 bits per heavy atom. The van der Waals surface area contributed by atoms with Crippen molar-refractivity contribution in [2.24, 2.45) is 11.8 Å². The molecule has 7 heteroatoms. The Hall–Kier alpha value is -2.31. The molecule has 0 radical (unpaired) electrons. The zero-order chi connectivity index (χ0) is 20.8. The summed E-state index contributed by atoms with van der Waals surface area (Å²) in [6, 6.07) is 3.85. The van der Waals surface area contributed by atoms with Crippen LogP contribution in [0.4, 0.5) is 10.6 Å². The highest BCUT2D eigenvalue weighted by Gasteiger charge is 2.31. The fourth-order valence-electron chi connectivity index (χ4n) is 4.82. The molecule has 7 nitrogen and oxygen atoms in total. The second-order valence-electron chi connectivity index (χ2n) is 8.89. The summed E-state index contributed by atoms with van der Waals surface area (Å²) in [5.74, 6) is 1.64. The summed E-state index contributed by atoms with van der Waals surface area (Å²) in [7, 11) is 0. The molecular weight excluding hydrogens is 380 g/mol. The number of hydrogen-bond acceptors (Lipinski definition) is 4. The van der Waals surface area contributed by atoms with Crippen LogP contribution in [0.15, 0.2) is 18.3 Å². The topological polar surface area (TPSA) is 74.8 Å². The summed E-state index contributed by atoms with van der Waals surface area (Å²) in [4.78, 5) is 33.6. The number of aromatic nitrogens is 1. The standard InChI is InChI=1S/C23H34N4O3/c28-22(19-10-15-27(16-11-19)23(29)26-13-4-5-14-26)25-21-20(9-6-12-24-21)30-17-18-7-2-1-3-8-18/h6,9,12,18-19H,1-5,7-8,10-11,13-17H2,(H,24,25,28). The molecular formula is C23H34N4O3. The Labute approximate surface area is 179 Å². The summed E-state index contributed by atoms with van der Waals surface area (Å²) in [6.07, 6.45) is 11.6. The Morgan fingerprint density at radius 1 is 0.967 bits per heavy atom. The van der Waals surface area contributed by atoms with Crippen molar-refractivity contribution >= 4 is 17.8 Å². The van der Waals surface area contributed by atoms with Crippen molar-refractivity contribution in [2.45, 2.75) is 57.8 Å². The number of anilines is 1. The second kappa shape index (κ2) is 10.1. The lowest BCUT2D eigenvalue weighted by atomic mass is 9.90. The highest BCUT2D eigenvalue weighted by atomic mass is 16.5. The van der Waals surface area contributed by atoms with E-state index in [1.807, 2.05) is 21.9 Å². The summed E-state index contributed by atoms with van der Waals surface area (Å²) >= 11 is 0. The largest absolute Gasteiger partial charge is 0.489 e. The van der Waals surface area contributed by atoms with Gasteiger partial charge in [0.15, 0.2) is 11.6 Å². The van der Waals surface area contributed by atoms with Gasteiger partial charge in [0, 0.05) is 38.3 Å². The van der Waals surface area contributed by atoms with E-state index in [1.165, 1.54) is 32.1 Å². The molecule has 3 amide bonds. The Bertz CT molecular complexity index is 721. The highest BCUT2D eigenvalue weighted by molar-refractivity contribution is 5.93. The normalized spacial score (nSPS) is 20.9. The van der Waals surface area contributed by atoms with Crippen molar-refractivity contribution < 1.29 is 14.3 Å². The number of rotatable bonds is 5. The Balaban J connectivity index is 1.27. The predicted molar refractivity (Wildman–Crippen MR) is 115 cm³/mol. The van der Waals surface area contributed by atoms with Crippen molar-refractivity contribution in [2.75, 3.05) is 38.1 Å². The van der Waals surface area contributed by atoms with Crippen molar-refractivity contribution in [3.8, 4) is 5.75 Å². The molecule has 164 valence electrons. The molecule has 30 heavy (non-hydrogen) atoms. The fourth-order valence-corrected chi connectivity index (χ4v) is 4.82. The number of piperidine rings is 1. The van der Waals surface area contributed by atoms with Gasteiger partial charge in [-0.3, -0.25) is 4.79 Å². The van der Waals surface area contributed by atoms with E-state index in [9.17, 15) is 9.59 Å². The van der Waals surface area contributed by atoms with E-state index in [0.29, 0.717) is 50.0 Å². The summed E-state index contributed by atoms with van der Waals surface area (Å²) in [5, 5.41) is 2.98. The molecule has 0 atom stereocenters.